The number of hydrogen-bond acceptors (Lipinski definition) is 5. The van der Waals surface area contributed by atoms with Crippen LogP contribution in [0.5, 0.6) is 0 Å². The van der Waals surface area contributed by atoms with Gasteiger partial charge in [0.1, 0.15) is 0 Å². The van der Waals surface area contributed by atoms with Crippen molar-refractivity contribution in [1.82, 2.24) is 15.0 Å². The molecule has 0 saturated carbocycles. The number of aldehydes is 1. The SMILES string of the molecule is N#Cc1cccc(C(=O)Nc2nc3ncc(C=O)cc3[nH]2)c1. The van der Waals surface area contributed by atoms with Crippen LogP contribution in [0, 0.1) is 11.3 Å². The number of amides is 1. The fourth-order valence-electron chi connectivity index (χ4n) is 1.95. The van der Waals surface area contributed by atoms with E-state index in [0.717, 1.165) is 0 Å². The van der Waals surface area contributed by atoms with E-state index in [9.17, 15) is 9.59 Å². The third-order valence-corrected chi connectivity index (χ3v) is 2.98. The van der Waals surface area contributed by atoms with Gasteiger partial charge in [-0.3, -0.25) is 14.9 Å². The topological polar surface area (TPSA) is 112 Å². The molecule has 0 aliphatic carbocycles. The van der Waals surface area contributed by atoms with Crippen molar-refractivity contribution in [1.29, 1.82) is 5.26 Å². The standard InChI is InChI=1S/C15H9N5O2/c16-6-9-2-1-3-11(4-9)14(22)20-15-18-12-5-10(8-21)7-17-13(12)19-15/h1-5,7-8H,(H2,17,18,19,20,22). The lowest BCUT2D eigenvalue weighted by molar-refractivity contribution is 0.102. The van der Waals surface area contributed by atoms with Crippen molar-refractivity contribution in [2.45, 2.75) is 0 Å². The van der Waals surface area contributed by atoms with Crippen LogP contribution in [0.3, 0.4) is 0 Å². The Labute approximate surface area is 124 Å². The Balaban J connectivity index is 1.87. The number of H-pyrrole nitrogens is 1. The highest BCUT2D eigenvalue weighted by Crippen LogP contribution is 2.14. The van der Waals surface area contributed by atoms with Gasteiger partial charge in [0, 0.05) is 17.3 Å². The maximum Gasteiger partial charge on any atom is 0.258 e. The van der Waals surface area contributed by atoms with E-state index < -0.39 is 5.91 Å². The van der Waals surface area contributed by atoms with Gasteiger partial charge in [-0.1, -0.05) is 6.07 Å². The first kappa shape index (κ1) is 13.5. The summed E-state index contributed by atoms with van der Waals surface area (Å²) in [6, 6.07) is 9.89. The highest BCUT2D eigenvalue weighted by molar-refractivity contribution is 6.04. The highest BCUT2D eigenvalue weighted by Gasteiger charge is 2.10. The van der Waals surface area contributed by atoms with Crippen molar-refractivity contribution in [3.05, 3.63) is 53.2 Å². The second-order valence-electron chi connectivity index (χ2n) is 4.49. The van der Waals surface area contributed by atoms with Crippen molar-refractivity contribution >= 4 is 29.3 Å². The number of nitrogens with one attached hydrogen (secondary N) is 2. The molecule has 2 heterocycles. The number of hydrogen-bond donors (Lipinski definition) is 2. The van der Waals surface area contributed by atoms with Crippen LogP contribution in [0.2, 0.25) is 0 Å². The molecule has 0 aliphatic heterocycles. The third-order valence-electron chi connectivity index (χ3n) is 2.98. The van der Waals surface area contributed by atoms with Gasteiger partial charge in [-0.05, 0) is 24.3 Å². The van der Waals surface area contributed by atoms with Crippen LogP contribution in [0.25, 0.3) is 11.2 Å². The lowest BCUT2D eigenvalue weighted by atomic mass is 10.1. The summed E-state index contributed by atoms with van der Waals surface area (Å²) in [5, 5.41) is 11.4. The van der Waals surface area contributed by atoms with Crippen molar-refractivity contribution in [2.75, 3.05) is 5.32 Å². The molecule has 106 valence electrons. The number of benzene rings is 1. The maximum absolute atomic E-state index is 12.1. The summed E-state index contributed by atoms with van der Waals surface area (Å²) in [7, 11) is 0. The average Bonchev–Trinajstić information content (AvgIpc) is 2.95. The van der Waals surface area contributed by atoms with E-state index in [2.05, 4.69) is 20.3 Å². The van der Waals surface area contributed by atoms with E-state index in [0.29, 0.717) is 34.1 Å². The second kappa shape index (κ2) is 5.46. The van der Waals surface area contributed by atoms with Crippen LogP contribution in [0.15, 0.2) is 36.5 Å². The molecule has 3 aromatic rings. The zero-order valence-electron chi connectivity index (χ0n) is 11.2. The van der Waals surface area contributed by atoms with Gasteiger partial charge in [0.25, 0.3) is 5.91 Å². The van der Waals surface area contributed by atoms with Crippen LogP contribution in [-0.4, -0.2) is 27.1 Å². The van der Waals surface area contributed by atoms with Gasteiger partial charge in [-0.15, -0.1) is 0 Å². The van der Waals surface area contributed by atoms with E-state index in [1.807, 2.05) is 6.07 Å². The Hall–Kier alpha value is -3.53. The first-order valence-electron chi connectivity index (χ1n) is 6.32. The molecule has 2 aromatic heterocycles. The molecule has 1 aromatic carbocycles. The Morgan fingerprint density at radius 2 is 2.23 bits per heavy atom. The third kappa shape index (κ3) is 2.53. The Kier molecular flexibility index (Phi) is 3.34. The van der Waals surface area contributed by atoms with Gasteiger partial charge >= 0.3 is 0 Å². The van der Waals surface area contributed by atoms with Gasteiger partial charge in [-0.2, -0.15) is 10.2 Å². The molecule has 0 saturated heterocycles. The summed E-state index contributed by atoms with van der Waals surface area (Å²) in [5.74, 6) is -0.176. The van der Waals surface area contributed by atoms with E-state index in [4.69, 9.17) is 5.26 Å². The second-order valence-corrected chi connectivity index (χ2v) is 4.49. The summed E-state index contributed by atoms with van der Waals surface area (Å²) in [6.07, 6.45) is 2.08. The molecule has 0 unspecified atom stereocenters. The minimum Gasteiger partial charge on any atom is -0.322 e. The van der Waals surface area contributed by atoms with E-state index in [1.54, 1.807) is 24.3 Å². The first-order valence-corrected chi connectivity index (χ1v) is 6.32. The maximum atomic E-state index is 12.1. The molecule has 0 atom stereocenters. The molecule has 0 spiro atoms. The van der Waals surface area contributed by atoms with Crippen LogP contribution in [0.1, 0.15) is 26.3 Å². The van der Waals surface area contributed by atoms with Crippen LogP contribution < -0.4 is 5.32 Å². The summed E-state index contributed by atoms with van der Waals surface area (Å²) in [5.41, 5.74) is 2.10. The molecule has 7 nitrogen and oxygen atoms in total. The lowest BCUT2D eigenvalue weighted by Gasteiger charge is -2.01. The minimum absolute atomic E-state index is 0.220. The molecule has 22 heavy (non-hydrogen) atoms. The summed E-state index contributed by atoms with van der Waals surface area (Å²) in [6.45, 7) is 0. The number of aromatic amines is 1. The highest BCUT2D eigenvalue weighted by atomic mass is 16.1. The van der Waals surface area contributed by atoms with Crippen molar-refractivity contribution in [3.63, 3.8) is 0 Å². The first-order chi connectivity index (χ1) is 10.7. The number of anilines is 1. The number of carbonyl (C=O) groups excluding carboxylic acids is 2. The zero-order chi connectivity index (χ0) is 15.5. The Morgan fingerprint density at radius 3 is 3.00 bits per heavy atom. The largest absolute Gasteiger partial charge is 0.322 e. The summed E-state index contributed by atoms with van der Waals surface area (Å²) >= 11 is 0. The predicted molar refractivity (Wildman–Crippen MR) is 78.4 cm³/mol. The number of rotatable bonds is 3. The molecular formula is C15H9N5O2. The fraction of sp³-hybridized carbons (Fsp3) is 0. The number of fused-ring (bicyclic) bond motifs is 1. The monoisotopic (exact) mass is 291 g/mol. The van der Waals surface area contributed by atoms with Crippen molar-refractivity contribution < 1.29 is 9.59 Å². The van der Waals surface area contributed by atoms with Crippen molar-refractivity contribution in [3.8, 4) is 6.07 Å². The number of nitrogens with zero attached hydrogens (tertiary/aromatic N) is 3. The molecule has 3 rings (SSSR count). The van der Waals surface area contributed by atoms with Gasteiger partial charge in [0.05, 0.1) is 17.1 Å². The molecule has 0 radical (unpaired) electrons. The van der Waals surface area contributed by atoms with E-state index >= 15 is 0 Å². The number of pyridine rings is 1. The minimum atomic E-state index is -0.397. The quantitative estimate of drug-likeness (QED) is 0.716. The van der Waals surface area contributed by atoms with E-state index in [1.165, 1.54) is 12.3 Å². The smallest absolute Gasteiger partial charge is 0.258 e. The molecule has 1 amide bonds. The molecule has 0 aliphatic rings. The van der Waals surface area contributed by atoms with Crippen LogP contribution >= 0.6 is 0 Å². The predicted octanol–water partition coefficient (Wildman–Crippen LogP) is 1.89. The molecule has 2 N–H and O–H groups in total. The zero-order valence-corrected chi connectivity index (χ0v) is 11.2. The molecule has 0 fully saturated rings. The summed E-state index contributed by atoms with van der Waals surface area (Å²) < 4.78 is 0. The van der Waals surface area contributed by atoms with Gasteiger partial charge in [-0.25, -0.2) is 4.98 Å². The molecule has 0 bridgehead atoms. The number of carbonyl (C=O) groups is 2. The normalized spacial score (nSPS) is 10.1. The van der Waals surface area contributed by atoms with Crippen LogP contribution in [-0.2, 0) is 0 Å². The lowest BCUT2D eigenvalue weighted by Crippen LogP contribution is -2.13. The van der Waals surface area contributed by atoms with Gasteiger partial charge in [0.15, 0.2) is 11.9 Å². The summed E-state index contributed by atoms with van der Waals surface area (Å²) in [4.78, 5) is 33.8. The number of nitriles is 1. The number of aromatic nitrogens is 3. The molecule has 7 heteroatoms. The number of imidazole rings is 1. The van der Waals surface area contributed by atoms with Gasteiger partial charge in [0.2, 0.25) is 5.95 Å². The van der Waals surface area contributed by atoms with E-state index in [-0.39, 0.29) is 5.95 Å². The Bertz CT molecular complexity index is 923. The molecular weight excluding hydrogens is 282 g/mol. The average molecular weight is 291 g/mol. The van der Waals surface area contributed by atoms with Gasteiger partial charge < -0.3 is 4.98 Å². The Morgan fingerprint density at radius 1 is 1.36 bits per heavy atom. The van der Waals surface area contributed by atoms with Crippen molar-refractivity contribution in [2.24, 2.45) is 0 Å². The fourth-order valence-corrected chi connectivity index (χ4v) is 1.95. The van der Waals surface area contributed by atoms with Crippen LogP contribution in [0.4, 0.5) is 5.95 Å².